The number of aromatic amines is 1. The number of nitrogens with one attached hydrogen (secondary N) is 2. The summed E-state index contributed by atoms with van der Waals surface area (Å²) < 4.78 is 0.875. The molecule has 0 aromatic carbocycles. The van der Waals surface area contributed by atoms with Gasteiger partial charge in [0.25, 0.3) is 5.91 Å². The number of hydrogen-bond donors (Lipinski definition) is 2. The lowest BCUT2D eigenvalue weighted by molar-refractivity contribution is 0.0946. The Morgan fingerprint density at radius 3 is 2.86 bits per heavy atom. The molecule has 1 aliphatic heterocycles. The number of aromatic nitrogens is 1. The number of allylic oxidation sites excluding steroid dienone is 1. The number of halogens is 1. The highest BCUT2D eigenvalue weighted by atomic mass is 79.9. The zero-order valence-corrected chi connectivity index (χ0v) is 9.65. The van der Waals surface area contributed by atoms with Gasteiger partial charge in [-0.3, -0.25) is 4.79 Å². The molecule has 2 heterocycles. The first-order valence-electron chi connectivity index (χ1n) is 4.41. The maximum absolute atomic E-state index is 11.1. The number of amides is 1. The normalized spacial score (nSPS) is 13.4. The van der Waals surface area contributed by atoms with Crippen molar-refractivity contribution in [1.29, 1.82) is 0 Å². The van der Waals surface area contributed by atoms with Crippen LogP contribution in [-0.2, 0) is 6.42 Å². The summed E-state index contributed by atoms with van der Waals surface area (Å²) >= 11 is 3.28. The van der Waals surface area contributed by atoms with E-state index in [2.05, 4.69) is 32.8 Å². The summed E-state index contributed by atoms with van der Waals surface area (Å²) in [6.07, 6.45) is 2.65. The summed E-state index contributed by atoms with van der Waals surface area (Å²) in [5.74, 6) is 0.0215. The molecule has 0 saturated carbocycles. The van der Waals surface area contributed by atoms with Crippen molar-refractivity contribution in [2.75, 3.05) is 6.54 Å². The Morgan fingerprint density at radius 1 is 1.64 bits per heavy atom. The molecule has 0 fully saturated rings. The molecule has 1 aromatic heterocycles. The van der Waals surface area contributed by atoms with Crippen molar-refractivity contribution < 1.29 is 4.79 Å². The third-order valence-corrected chi connectivity index (χ3v) is 2.20. The van der Waals surface area contributed by atoms with Gasteiger partial charge in [-0.15, -0.1) is 6.58 Å². The monoisotopic (exact) mass is 256 g/mol. The molecule has 0 bridgehead atoms. The number of rotatable bonds is 0. The second-order valence-corrected chi connectivity index (χ2v) is 3.78. The fraction of sp³-hybridized carbons (Fsp3) is 0.300. The second-order valence-electron chi connectivity index (χ2n) is 2.92. The van der Waals surface area contributed by atoms with Gasteiger partial charge in [0.1, 0.15) is 0 Å². The van der Waals surface area contributed by atoms with Gasteiger partial charge in [0.2, 0.25) is 0 Å². The fourth-order valence-electron chi connectivity index (χ4n) is 1.26. The predicted molar refractivity (Wildman–Crippen MR) is 60.4 cm³/mol. The van der Waals surface area contributed by atoms with Crippen LogP contribution in [0.4, 0.5) is 0 Å². The number of hydrogen-bond acceptors (Lipinski definition) is 1. The molecule has 0 atom stereocenters. The summed E-state index contributed by atoms with van der Waals surface area (Å²) in [4.78, 5) is 14.2. The van der Waals surface area contributed by atoms with E-state index in [0.717, 1.165) is 28.8 Å². The molecule has 0 aliphatic carbocycles. The van der Waals surface area contributed by atoms with Crippen LogP contribution < -0.4 is 5.32 Å². The Kier molecular flexibility index (Phi) is 3.95. The van der Waals surface area contributed by atoms with Gasteiger partial charge in [-0.1, -0.05) is 6.08 Å². The standard InChI is InChI=1S/C7H7BrN2O.C3H6/c8-6-3-4-5(10-6)1-2-9-7(4)11;1-3-2/h3,10H,1-2H2,(H,9,11);3H,1H2,2H3. The minimum absolute atomic E-state index is 0.0215. The minimum atomic E-state index is 0.0215. The SMILES string of the molecule is C=CC.O=C1NCCc2[nH]c(Br)cc21. The highest BCUT2D eigenvalue weighted by Gasteiger charge is 2.18. The maximum atomic E-state index is 11.1. The molecule has 0 spiro atoms. The van der Waals surface area contributed by atoms with Gasteiger partial charge in [0, 0.05) is 18.7 Å². The number of carbonyl (C=O) groups is 1. The zero-order valence-electron chi connectivity index (χ0n) is 8.06. The molecule has 1 aliphatic rings. The van der Waals surface area contributed by atoms with Gasteiger partial charge in [-0.25, -0.2) is 0 Å². The highest BCUT2D eigenvalue weighted by Crippen LogP contribution is 2.18. The third-order valence-electron chi connectivity index (χ3n) is 1.77. The second kappa shape index (κ2) is 5.00. The van der Waals surface area contributed by atoms with E-state index in [1.54, 1.807) is 6.08 Å². The van der Waals surface area contributed by atoms with Crippen molar-refractivity contribution in [3.05, 3.63) is 34.6 Å². The van der Waals surface area contributed by atoms with Crippen molar-refractivity contribution in [3.63, 3.8) is 0 Å². The van der Waals surface area contributed by atoms with Gasteiger partial charge in [0.05, 0.1) is 10.2 Å². The lowest BCUT2D eigenvalue weighted by Gasteiger charge is -2.10. The first-order valence-corrected chi connectivity index (χ1v) is 5.21. The smallest absolute Gasteiger partial charge is 0.253 e. The van der Waals surface area contributed by atoms with Crippen molar-refractivity contribution in [2.45, 2.75) is 13.3 Å². The van der Waals surface area contributed by atoms with Gasteiger partial charge < -0.3 is 10.3 Å². The van der Waals surface area contributed by atoms with E-state index in [4.69, 9.17) is 0 Å². The molecule has 76 valence electrons. The molecule has 0 radical (unpaired) electrons. The van der Waals surface area contributed by atoms with Crippen LogP contribution in [-0.4, -0.2) is 17.4 Å². The summed E-state index contributed by atoms with van der Waals surface area (Å²) in [5, 5.41) is 2.77. The molecule has 1 aromatic rings. The Balaban J connectivity index is 0.000000293. The summed E-state index contributed by atoms with van der Waals surface area (Å²) in [6, 6.07) is 1.81. The third kappa shape index (κ3) is 2.48. The summed E-state index contributed by atoms with van der Waals surface area (Å²) in [5.41, 5.74) is 1.80. The molecule has 1 amide bonds. The van der Waals surface area contributed by atoms with Crippen LogP contribution >= 0.6 is 15.9 Å². The van der Waals surface area contributed by atoms with Gasteiger partial charge in [0.15, 0.2) is 0 Å². The van der Waals surface area contributed by atoms with Crippen molar-refractivity contribution >= 4 is 21.8 Å². The van der Waals surface area contributed by atoms with Crippen molar-refractivity contribution in [2.24, 2.45) is 0 Å². The Morgan fingerprint density at radius 2 is 2.29 bits per heavy atom. The van der Waals surface area contributed by atoms with Crippen LogP contribution in [0, 0.1) is 0 Å². The van der Waals surface area contributed by atoms with Gasteiger partial charge >= 0.3 is 0 Å². The van der Waals surface area contributed by atoms with Crippen LogP contribution in [0.2, 0.25) is 0 Å². The summed E-state index contributed by atoms with van der Waals surface area (Å²) in [7, 11) is 0. The van der Waals surface area contributed by atoms with E-state index in [-0.39, 0.29) is 5.91 Å². The lowest BCUT2D eigenvalue weighted by Crippen LogP contribution is -2.31. The first-order chi connectivity index (χ1) is 6.69. The van der Waals surface area contributed by atoms with Crippen molar-refractivity contribution in [1.82, 2.24) is 10.3 Å². The molecule has 3 nitrogen and oxygen atoms in total. The van der Waals surface area contributed by atoms with Crippen LogP contribution in [0.25, 0.3) is 0 Å². The van der Waals surface area contributed by atoms with E-state index in [9.17, 15) is 4.79 Å². The fourth-order valence-corrected chi connectivity index (χ4v) is 1.73. The van der Waals surface area contributed by atoms with E-state index >= 15 is 0 Å². The van der Waals surface area contributed by atoms with Crippen LogP contribution in [0.15, 0.2) is 23.3 Å². The Labute approximate surface area is 91.7 Å². The number of H-pyrrole nitrogens is 1. The van der Waals surface area contributed by atoms with Crippen molar-refractivity contribution in [3.8, 4) is 0 Å². The quantitative estimate of drug-likeness (QED) is 0.688. The van der Waals surface area contributed by atoms with E-state index < -0.39 is 0 Å². The van der Waals surface area contributed by atoms with E-state index in [1.165, 1.54) is 0 Å². The van der Waals surface area contributed by atoms with E-state index in [1.807, 2.05) is 13.0 Å². The van der Waals surface area contributed by atoms with Crippen LogP contribution in [0.1, 0.15) is 23.0 Å². The number of fused-ring (bicyclic) bond motifs is 1. The largest absolute Gasteiger partial charge is 0.352 e. The topological polar surface area (TPSA) is 44.9 Å². The van der Waals surface area contributed by atoms with Crippen LogP contribution in [0.5, 0.6) is 0 Å². The molecule has 4 heteroatoms. The minimum Gasteiger partial charge on any atom is -0.352 e. The molecular weight excluding hydrogens is 244 g/mol. The van der Waals surface area contributed by atoms with Gasteiger partial charge in [-0.05, 0) is 28.9 Å². The lowest BCUT2D eigenvalue weighted by atomic mass is 10.1. The van der Waals surface area contributed by atoms with E-state index in [0.29, 0.717) is 0 Å². The highest BCUT2D eigenvalue weighted by molar-refractivity contribution is 9.10. The Bertz CT molecular complexity index is 344. The molecular formula is C10H13BrN2O. The molecule has 0 saturated heterocycles. The molecule has 14 heavy (non-hydrogen) atoms. The molecule has 2 N–H and O–H groups in total. The average Bonchev–Trinajstić information content (AvgIpc) is 2.48. The Hall–Kier alpha value is -1.03. The average molecular weight is 257 g/mol. The molecule has 2 rings (SSSR count). The first kappa shape index (κ1) is 11.0. The molecule has 0 unspecified atom stereocenters. The summed E-state index contributed by atoms with van der Waals surface area (Å²) in [6.45, 7) is 5.98. The maximum Gasteiger partial charge on any atom is 0.253 e. The van der Waals surface area contributed by atoms with Crippen LogP contribution in [0.3, 0.4) is 0 Å². The predicted octanol–water partition coefficient (Wildman–Crippen LogP) is 2.26. The number of carbonyl (C=O) groups excluding carboxylic acids is 1. The van der Waals surface area contributed by atoms with Gasteiger partial charge in [-0.2, -0.15) is 0 Å². The zero-order chi connectivity index (χ0) is 10.6.